The maximum absolute atomic E-state index is 7.00. The molecule has 0 aromatic heterocycles. The smallest absolute Gasteiger partial charge is 0.187 e. The van der Waals surface area contributed by atoms with Gasteiger partial charge in [0.25, 0.3) is 0 Å². The lowest BCUT2D eigenvalue weighted by molar-refractivity contribution is 0.399. The summed E-state index contributed by atoms with van der Waals surface area (Å²) in [6.45, 7) is 0. The lowest BCUT2D eigenvalue weighted by Gasteiger charge is -1.21. The summed E-state index contributed by atoms with van der Waals surface area (Å²) in [6.07, 6.45) is 0. The average molecular weight is 98.5 g/mol. The minimum Gasteiger partial charge on any atom is -0.400 e. The maximum atomic E-state index is 7.00. The number of halogens is 1. The molecular formula is CH8AlClO. The monoisotopic (exact) mass is 98.0 g/mol. The van der Waals surface area contributed by atoms with Crippen LogP contribution >= 0.6 is 12.4 Å². The molecule has 0 spiro atoms. The van der Waals surface area contributed by atoms with Gasteiger partial charge in [0.2, 0.25) is 0 Å². The van der Waals surface area contributed by atoms with Gasteiger partial charge in [-0.05, 0) is 0 Å². The van der Waals surface area contributed by atoms with Crippen LogP contribution < -0.4 is 0 Å². The van der Waals surface area contributed by atoms with Crippen molar-refractivity contribution in [2.45, 2.75) is 0 Å². The lowest BCUT2D eigenvalue weighted by Crippen LogP contribution is -1.25. The van der Waals surface area contributed by atoms with E-state index in [1.54, 1.807) is 0 Å². The van der Waals surface area contributed by atoms with Gasteiger partial charge in [-0.2, -0.15) is 0 Å². The van der Waals surface area contributed by atoms with Crippen LogP contribution in [0.5, 0.6) is 0 Å². The first kappa shape index (κ1) is 21.5. The Morgan fingerprint density at radius 3 is 1.25 bits per heavy atom. The van der Waals surface area contributed by atoms with E-state index in [1.807, 2.05) is 0 Å². The quantitative estimate of drug-likeness (QED) is 0.379. The van der Waals surface area contributed by atoms with E-state index in [0.29, 0.717) is 0 Å². The number of hydrogen-bond donors (Lipinski definition) is 1. The van der Waals surface area contributed by atoms with Gasteiger partial charge < -0.3 is 5.11 Å². The molecule has 0 heterocycles. The van der Waals surface area contributed by atoms with Gasteiger partial charge in [-0.15, -0.1) is 12.4 Å². The molecule has 0 rings (SSSR count). The van der Waals surface area contributed by atoms with Crippen molar-refractivity contribution in [3.05, 3.63) is 0 Å². The number of rotatable bonds is 0. The Bertz CT molecular complexity index is 8.00. The molecule has 3 heteroatoms. The zero-order chi connectivity index (χ0) is 2.00. The molecule has 0 aliphatic heterocycles. The third-order valence-electron chi connectivity index (χ3n) is 0. The molecule has 0 aromatic carbocycles. The molecule has 1 N–H and O–H groups in total. The van der Waals surface area contributed by atoms with Crippen LogP contribution in [0.15, 0.2) is 0 Å². The van der Waals surface area contributed by atoms with Gasteiger partial charge in [-0.3, -0.25) is 0 Å². The summed E-state index contributed by atoms with van der Waals surface area (Å²) in [5.74, 6) is 0. The number of hydrogen-bond acceptors (Lipinski definition) is 1. The Balaban J connectivity index is -0.00000000500. The summed E-state index contributed by atoms with van der Waals surface area (Å²) < 4.78 is 0. The molecule has 0 aliphatic carbocycles. The third-order valence-corrected chi connectivity index (χ3v) is 0. The van der Waals surface area contributed by atoms with Gasteiger partial charge in [0.1, 0.15) is 0 Å². The minimum absolute atomic E-state index is 0. The summed E-state index contributed by atoms with van der Waals surface area (Å²) in [4.78, 5) is 0. The van der Waals surface area contributed by atoms with Crippen molar-refractivity contribution in [1.29, 1.82) is 0 Å². The fourth-order valence-corrected chi connectivity index (χ4v) is 0. The van der Waals surface area contributed by atoms with E-state index in [4.69, 9.17) is 5.11 Å². The standard InChI is InChI=1S/CH4O.Al.ClH.3H/c1-2;;;;;/h2H,1H3;;1H;;;. The fraction of sp³-hybridized carbons (Fsp3) is 1.00. The highest BCUT2D eigenvalue weighted by Gasteiger charge is 0.839. The van der Waals surface area contributed by atoms with E-state index < -0.39 is 0 Å². The Labute approximate surface area is 42.6 Å². The highest BCUT2D eigenvalue weighted by molar-refractivity contribution is 5.85. The van der Waals surface area contributed by atoms with E-state index in [1.165, 1.54) is 0 Å². The molecule has 0 saturated carbocycles. The molecule has 0 fully saturated rings. The first-order valence-corrected chi connectivity index (χ1v) is 0.447. The molecule has 28 valence electrons. The van der Waals surface area contributed by atoms with Gasteiger partial charge in [0.15, 0.2) is 17.4 Å². The van der Waals surface area contributed by atoms with Crippen molar-refractivity contribution in [3.8, 4) is 0 Å². The van der Waals surface area contributed by atoms with Crippen molar-refractivity contribution >= 4 is 29.8 Å². The Hall–Kier alpha value is 0.782. The van der Waals surface area contributed by atoms with Crippen molar-refractivity contribution in [1.82, 2.24) is 0 Å². The molecule has 0 aliphatic rings. The molecular weight excluding hydrogens is 90.4 g/mol. The van der Waals surface area contributed by atoms with Gasteiger partial charge >= 0.3 is 0 Å². The van der Waals surface area contributed by atoms with Crippen molar-refractivity contribution < 1.29 is 5.11 Å². The van der Waals surface area contributed by atoms with Crippen molar-refractivity contribution in [2.75, 3.05) is 7.11 Å². The van der Waals surface area contributed by atoms with Crippen LogP contribution in [-0.4, -0.2) is 29.6 Å². The predicted molar refractivity (Wildman–Crippen MR) is 25.3 cm³/mol. The van der Waals surface area contributed by atoms with Crippen LogP contribution in [0.3, 0.4) is 0 Å². The van der Waals surface area contributed by atoms with Gasteiger partial charge in [0.05, 0.1) is 0 Å². The summed E-state index contributed by atoms with van der Waals surface area (Å²) in [5.41, 5.74) is 0. The van der Waals surface area contributed by atoms with E-state index in [2.05, 4.69) is 0 Å². The van der Waals surface area contributed by atoms with Gasteiger partial charge in [-0.1, -0.05) is 0 Å². The van der Waals surface area contributed by atoms with Gasteiger partial charge in [-0.25, -0.2) is 0 Å². The maximum Gasteiger partial charge on any atom is 0.187 e. The molecule has 0 atom stereocenters. The molecule has 1 nitrogen and oxygen atoms in total. The summed E-state index contributed by atoms with van der Waals surface area (Å²) in [7, 11) is 1.00. The first-order valence-electron chi connectivity index (χ1n) is 0.447. The predicted octanol–water partition coefficient (Wildman–Crippen LogP) is -1.15. The second-order valence-electron chi connectivity index (χ2n) is 0. The molecule has 0 bridgehead atoms. The van der Waals surface area contributed by atoms with Crippen LogP contribution in [-0.2, 0) is 0 Å². The van der Waals surface area contributed by atoms with E-state index in [9.17, 15) is 0 Å². The Morgan fingerprint density at radius 2 is 1.25 bits per heavy atom. The number of aliphatic hydroxyl groups excluding tert-OH is 1. The molecule has 0 amide bonds. The minimum atomic E-state index is 0. The van der Waals surface area contributed by atoms with Crippen molar-refractivity contribution in [3.63, 3.8) is 0 Å². The summed E-state index contributed by atoms with van der Waals surface area (Å²) in [5, 5.41) is 7.00. The molecule has 0 unspecified atom stereocenters. The van der Waals surface area contributed by atoms with Crippen molar-refractivity contribution in [2.24, 2.45) is 0 Å². The Morgan fingerprint density at radius 1 is 1.25 bits per heavy atom. The van der Waals surface area contributed by atoms with Gasteiger partial charge in [0, 0.05) is 7.11 Å². The normalized spacial score (nSPS) is 1.50. The second kappa shape index (κ2) is 47.8. The third kappa shape index (κ3) is 14.4. The highest BCUT2D eigenvalue weighted by Crippen LogP contribution is 0.755. The zero-order valence-electron chi connectivity index (χ0n) is 1.86. The SMILES string of the molecule is CO.Cl.[AlH3]. The van der Waals surface area contributed by atoms with Crippen LogP contribution in [0, 0.1) is 0 Å². The van der Waals surface area contributed by atoms with E-state index in [0.717, 1.165) is 7.11 Å². The van der Waals surface area contributed by atoms with Crippen LogP contribution in [0.25, 0.3) is 0 Å². The summed E-state index contributed by atoms with van der Waals surface area (Å²) in [6, 6.07) is 0. The Kier molecular flexibility index (Phi) is 258. The van der Waals surface area contributed by atoms with Crippen LogP contribution in [0.2, 0.25) is 0 Å². The molecule has 0 aromatic rings. The van der Waals surface area contributed by atoms with Crippen LogP contribution in [0.4, 0.5) is 0 Å². The largest absolute Gasteiger partial charge is 0.400 e. The average Bonchev–Trinajstić information content (AvgIpc) is 1.00. The second-order valence-corrected chi connectivity index (χ2v) is 0. The van der Waals surface area contributed by atoms with E-state index >= 15 is 0 Å². The molecule has 0 saturated heterocycles. The topological polar surface area (TPSA) is 20.2 Å². The molecule has 0 radical (unpaired) electrons. The highest BCUT2D eigenvalue weighted by atomic mass is 35.5. The first-order chi connectivity index (χ1) is 1.00. The molecule has 4 heavy (non-hydrogen) atoms. The summed E-state index contributed by atoms with van der Waals surface area (Å²) >= 11 is 0. The number of aliphatic hydroxyl groups is 1. The lowest BCUT2D eigenvalue weighted by atomic mass is 11.8. The van der Waals surface area contributed by atoms with E-state index in [-0.39, 0.29) is 29.8 Å². The fourth-order valence-electron chi connectivity index (χ4n) is 0. The van der Waals surface area contributed by atoms with Crippen LogP contribution in [0.1, 0.15) is 0 Å². The zero-order valence-corrected chi connectivity index (χ0v) is 2.67.